The highest BCUT2D eigenvalue weighted by molar-refractivity contribution is 14.1. The van der Waals surface area contributed by atoms with Crippen molar-refractivity contribution in [1.29, 1.82) is 0 Å². The largest absolute Gasteiger partial charge is 0.457 e. The van der Waals surface area contributed by atoms with E-state index in [2.05, 4.69) is 43.8 Å². The molecule has 1 saturated heterocycles. The number of benzene rings is 2. The highest BCUT2D eigenvalue weighted by atomic mass is 127. The summed E-state index contributed by atoms with van der Waals surface area (Å²) in [4.78, 5) is 38.3. The van der Waals surface area contributed by atoms with Crippen LogP contribution >= 0.6 is 38.5 Å². The van der Waals surface area contributed by atoms with Crippen molar-refractivity contribution < 1.29 is 18.8 Å². The van der Waals surface area contributed by atoms with Crippen molar-refractivity contribution in [2.24, 2.45) is 0 Å². The molecule has 2 heterocycles. The number of anilines is 1. The number of urea groups is 1. The zero-order valence-electron chi connectivity index (χ0n) is 14.7. The fourth-order valence-corrected chi connectivity index (χ4v) is 3.45. The SMILES string of the molecule is O=C1NC(=O)N(c2ccc(Br)cc2)C(=O)/C1=C/c1ccc(-c2ccc(I)cc2)o1. The van der Waals surface area contributed by atoms with Crippen LogP contribution in [-0.4, -0.2) is 17.8 Å². The number of amides is 4. The lowest BCUT2D eigenvalue weighted by Crippen LogP contribution is -2.54. The van der Waals surface area contributed by atoms with Gasteiger partial charge < -0.3 is 4.42 Å². The monoisotopic (exact) mass is 562 g/mol. The summed E-state index contributed by atoms with van der Waals surface area (Å²) < 4.78 is 7.67. The minimum atomic E-state index is -0.793. The van der Waals surface area contributed by atoms with Gasteiger partial charge in [-0.25, -0.2) is 9.69 Å². The Morgan fingerprint density at radius 1 is 0.931 bits per heavy atom. The first-order valence-corrected chi connectivity index (χ1v) is 10.3. The van der Waals surface area contributed by atoms with Gasteiger partial charge >= 0.3 is 6.03 Å². The summed E-state index contributed by atoms with van der Waals surface area (Å²) in [6, 6.07) is 17.0. The molecule has 4 rings (SSSR count). The Hall–Kier alpha value is -2.72. The molecule has 3 aromatic rings. The van der Waals surface area contributed by atoms with Gasteiger partial charge in [0.05, 0.1) is 5.69 Å². The first-order valence-electron chi connectivity index (χ1n) is 8.45. The summed E-state index contributed by atoms with van der Waals surface area (Å²) >= 11 is 5.52. The van der Waals surface area contributed by atoms with E-state index in [0.717, 1.165) is 18.5 Å². The molecule has 4 amide bonds. The van der Waals surface area contributed by atoms with E-state index >= 15 is 0 Å². The fourth-order valence-electron chi connectivity index (χ4n) is 2.82. The van der Waals surface area contributed by atoms with E-state index in [4.69, 9.17) is 4.42 Å². The van der Waals surface area contributed by atoms with Crippen LogP contribution in [0.2, 0.25) is 0 Å². The normalized spacial score (nSPS) is 15.7. The summed E-state index contributed by atoms with van der Waals surface area (Å²) in [6.45, 7) is 0. The van der Waals surface area contributed by atoms with Gasteiger partial charge in [-0.3, -0.25) is 14.9 Å². The van der Waals surface area contributed by atoms with Crippen molar-refractivity contribution in [3.63, 3.8) is 0 Å². The molecule has 0 aliphatic carbocycles. The number of hydrogen-bond acceptors (Lipinski definition) is 4. The van der Waals surface area contributed by atoms with Crippen molar-refractivity contribution in [3.8, 4) is 11.3 Å². The number of carbonyl (C=O) groups excluding carboxylic acids is 3. The molecule has 1 N–H and O–H groups in total. The molecule has 144 valence electrons. The van der Waals surface area contributed by atoms with E-state index in [1.54, 1.807) is 36.4 Å². The Bertz CT molecular complexity index is 1150. The third kappa shape index (κ3) is 4.03. The van der Waals surface area contributed by atoms with E-state index in [9.17, 15) is 14.4 Å². The third-order valence-corrected chi connectivity index (χ3v) is 5.48. The minimum Gasteiger partial charge on any atom is -0.457 e. The third-order valence-electron chi connectivity index (χ3n) is 4.23. The van der Waals surface area contributed by atoms with Crippen LogP contribution in [0.4, 0.5) is 10.5 Å². The lowest BCUT2D eigenvalue weighted by molar-refractivity contribution is -0.122. The van der Waals surface area contributed by atoms with Gasteiger partial charge in [-0.15, -0.1) is 0 Å². The van der Waals surface area contributed by atoms with E-state index in [1.165, 1.54) is 6.08 Å². The quantitative estimate of drug-likeness (QED) is 0.277. The van der Waals surface area contributed by atoms with Crippen LogP contribution in [0.25, 0.3) is 17.4 Å². The summed E-state index contributed by atoms with van der Waals surface area (Å²) in [6.07, 6.45) is 1.34. The summed E-state index contributed by atoms with van der Waals surface area (Å²) in [7, 11) is 0. The van der Waals surface area contributed by atoms with Crippen molar-refractivity contribution in [1.82, 2.24) is 5.32 Å². The van der Waals surface area contributed by atoms with Gasteiger partial charge in [-0.1, -0.05) is 28.1 Å². The first kappa shape index (κ1) is 19.6. The second kappa shape index (κ2) is 7.96. The second-order valence-electron chi connectivity index (χ2n) is 6.14. The smallest absolute Gasteiger partial charge is 0.335 e. The van der Waals surface area contributed by atoms with Crippen molar-refractivity contribution in [2.75, 3.05) is 4.90 Å². The molecule has 0 spiro atoms. The van der Waals surface area contributed by atoms with Crippen LogP contribution in [0, 0.1) is 3.57 Å². The molecular weight excluding hydrogens is 551 g/mol. The Morgan fingerprint density at radius 2 is 1.62 bits per heavy atom. The summed E-state index contributed by atoms with van der Waals surface area (Å²) in [5.74, 6) is -0.534. The van der Waals surface area contributed by atoms with E-state index in [1.807, 2.05) is 24.3 Å². The molecular formula is C21H12BrIN2O4. The van der Waals surface area contributed by atoms with E-state index in [-0.39, 0.29) is 5.57 Å². The number of furan rings is 1. The highest BCUT2D eigenvalue weighted by Crippen LogP contribution is 2.27. The number of carbonyl (C=O) groups is 3. The van der Waals surface area contributed by atoms with E-state index in [0.29, 0.717) is 17.2 Å². The molecule has 1 aliphatic heterocycles. The topological polar surface area (TPSA) is 79.6 Å². The lowest BCUT2D eigenvalue weighted by Gasteiger charge is -2.26. The molecule has 0 saturated carbocycles. The van der Waals surface area contributed by atoms with Crippen molar-refractivity contribution >= 4 is 68.1 Å². The van der Waals surface area contributed by atoms with E-state index < -0.39 is 17.8 Å². The van der Waals surface area contributed by atoms with Gasteiger partial charge in [-0.2, -0.15) is 0 Å². The Labute approximate surface area is 187 Å². The minimum absolute atomic E-state index is 0.184. The predicted molar refractivity (Wildman–Crippen MR) is 120 cm³/mol. The predicted octanol–water partition coefficient (Wildman–Crippen LogP) is 4.98. The maximum Gasteiger partial charge on any atom is 0.335 e. The Balaban J connectivity index is 1.66. The van der Waals surface area contributed by atoms with Crippen LogP contribution in [0.15, 0.2) is 75.1 Å². The molecule has 8 heteroatoms. The lowest BCUT2D eigenvalue weighted by atomic mass is 10.1. The van der Waals surface area contributed by atoms with Crippen LogP contribution in [-0.2, 0) is 9.59 Å². The molecule has 1 aromatic heterocycles. The fraction of sp³-hybridized carbons (Fsp3) is 0. The van der Waals surface area contributed by atoms with Crippen LogP contribution in [0.3, 0.4) is 0 Å². The maximum atomic E-state index is 12.9. The maximum absolute atomic E-state index is 12.9. The van der Waals surface area contributed by atoms with Gasteiger partial charge in [0, 0.05) is 13.6 Å². The zero-order valence-corrected chi connectivity index (χ0v) is 18.4. The number of barbiturate groups is 1. The van der Waals surface area contributed by atoms with Crippen molar-refractivity contribution in [2.45, 2.75) is 0 Å². The molecule has 6 nitrogen and oxygen atoms in total. The Kier molecular flexibility index (Phi) is 5.37. The van der Waals surface area contributed by atoms with Gasteiger partial charge in [0.1, 0.15) is 17.1 Å². The summed E-state index contributed by atoms with van der Waals surface area (Å²) in [5.41, 5.74) is 1.05. The van der Waals surface area contributed by atoms with Crippen LogP contribution in [0.1, 0.15) is 5.76 Å². The average Bonchev–Trinajstić information content (AvgIpc) is 3.16. The van der Waals surface area contributed by atoms with Gasteiger partial charge in [-0.05, 0) is 77.2 Å². The number of nitrogens with one attached hydrogen (secondary N) is 1. The summed E-state index contributed by atoms with van der Waals surface area (Å²) in [5, 5.41) is 2.19. The number of nitrogens with zero attached hydrogens (tertiary/aromatic N) is 1. The van der Waals surface area contributed by atoms with Crippen LogP contribution < -0.4 is 10.2 Å². The van der Waals surface area contributed by atoms with Gasteiger partial charge in [0.25, 0.3) is 11.8 Å². The molecule has 0 radical (unpaired) electrons. The number of rotatable bonds is 3. The zero-order chi connectivity index (χ0) is 20.5. The number of hydrogen-bond donors (Lipinski definition) is 1. The standard InChI is InChI=1S/C21H12BrIN2O4/c22-13-3-7-15(8-4-13)25-20(27)17(19(26)24-21(25)28)11-16-9-10-18(29-16)12-1-5-14(23)6-2-12/h1-11H,(H,24,26,28)/b17-11+. The average molecular weight is 563 g/mol. The second-order valence-corrected chi connectivity index (χ2v) is 8.30. The van der Waals surface area contributed by atoms with Crippen LogP contribution in [0.5, 0.6) is 0 Å². The molecule has 0 unspecified atom stereocenters. The van der Waals surface area contributed by atoms with Gasteiger partial charge in [0.2, 0.25) is 0 Å². The molecule has 1 fully saturated rings. The highest BCUT2D eigenvalue weighted by Gasteiger charge is 2.37. The Morgan fingerprint density at radius 3 is 2.31 bits per heavy atom. The number of imide groups is 2. The molecule has 0 atom stereocenters. The van der Waals surface area contributed by atoms with Crippen molar-refractivity contribution in [3.05, 3.63) is 80.0 Å². The molecule has 29 heavy (non-hydrogen) atoms. The molecule has 1 aliphatic rings. The van der Waals surface area contributed by atoms with Gasteiger partial charge in [0.15, 0.2) is 0 Å². The molecule has 2 aromatic carbocycles. The molecule has 0 bridgehead atoms. The number of halogens is 2. The first-order chi connectivity index (χ1) is 13.9.